The van der Waals surface area contributed by atoms with Gasteiger partial charge in [0.15, 0.2) is 11.5 Å². The summed E-state index contributed by atoms with van der Waals surface area (Å²) < 4.78 is 11.8. The van der Waals surface area contributed by atoms with E-state index in [1.165, 1.54) is 10.1 Å². The lowest BCUT2D eigenvalue weighted by Gasteiger charge is -2.18. The minimum absolute atomic E-state index is 0.0384. The lowest BCUT2D eigenvalue weighted by Crippen LogP contribution is -2.26. The summed E-state index contributed by atoms with van der Waals surface area (Å²) in [5, 5.41) is 17.1. The number of thiophene rings is 1. The zero-order valence-corrected chi connectivity index (χ0v) is 16.4. The summed E-state index contributed by atoms with van der Waals surface area (Å²) in [7, 11) is 3.17. The highest BCUT2D eigenvalue weighted by Crippen LogP contribution is 2.37. The van der Waals surface area contributed by atoms with Gasteiger partial charge in [0.25, 0.3) is 0 Å². The molecule has 0 aliphatic carbocycles. The summed E-state index contributed by atoms with van der Waals surface area (Å²) in [6.07, 6.45) is 0.718. The Morgan fingerprint density at radius 3 is 2.73 bits per heavy atom. The summed E-state index contributed by atoms with van der Waals surface area (Å²) >= 11 is 8.14. The van der Waals surface area contributed by atoms with Crippen LogP contribution in [0.3, 0.4) is 0 Å². The summed E-state index contributed by atoms with van der Waals surface area (Å²) in [4.78, 5) is 0. The molecule has 0 amide bonds. The van der Waals surface area contributed by atoms with Gasteiger partial charge in [-0.05, 0) is 47.0 Å². The molecule has 0 spiro atoms. The van der Waals surface area contributed by atoms with Gasteiger partial charge in [-0.1, -0.05) is 35.9 Å². The molecule has 3 aromatic rings. The van der Waals surface area contributed by atoms with Gasteiger partial charge in [-0.25, -0.2) is 0 Å². The Morgan fingerprint density at radius 2 is 2.00 bits per heavy atom. The van der Waals surface area contributed by atoms with E-state index >= 15 is 0 Å². The first-order valence-corrected chi connectivity index (χ1v) is 9.65. The average Bonchev–Trinajstić information content (AvgIpc) is 3.15. The molecule has 2 aromatic carbocycles. The van der Waals surface area contributed by atoms with Crippen LogP contribution in [0, 0.1) is 0 Å². The van der Waals surface area contributed by atoms with Gasteiger partial charge >= 0.3 is 0 Å². The molecule has 0 radical (unpaired) electrons. The lowest BCUT2D eigenvalue weighted by atomic mass is 10.0. The van der Waals surface area contributed by atoms with Crippen LogP contribution in [-0.2, 0) is 6.42 Å². The maximum atomic E-state index is 9.86. The van der Waals surface area contributed by atoms with Crippen LogP contribution in [0.1, 0.15) is 17.2 Å². The maximum absolute atomic E-state index is 9.86. The predicted molar refractivity (Wildman–Crippen MR) is 108 cm³/mol. The molecule has 1 atom stereocenters. The van der Waals surface area contributed by atoms with Crippen molar-refractivity contribution in [1.29, 1.82) is 0 Å². The number of methoxy groups -OCH3 is 2. The van der Waals surface area contributed by atoms with Gasteiger partial charge in [-0.2, -0.15) is 0 Å². The Labute approximate surface area is 162 Å². The lowest BCUT2D eigenvalue weighted by molar-refractivity contribution is 0.246. The minimum atomic E-state index is -0.115. The van der Waals surface area contributed by atoms with Crippen LogP contribution in [0.15, 0.2) is 41.8 Å². The van der Waals surface area contributed by atoms with Crippen molar-refractivity contribution in [3.05, 3.63) is 57.9 Å². The third kappa shape index (κ3) is 3.81. The van der Waals surface area contributed by atoms with Crippen molar-refractivity contribution in [2.24, 2.45) is 0 Å². The Bertz CT molecular complexity index is 881. The van der Waals surface area contributed by atoms with E-state index in [2.05, 4.69) is 28.9 Å². The molecule has 0 bridgehead atoms. The second-order valence-corrected chi connectivity index (χ2v) is 7.19. The maximum Gasteiger partial charge on any atom is 0.179 e. The van der Waals surface area contributed by atoms with Crippen molar-refractivity contribution in [1.82, 2.24) is 5.32 Å². The molecule has 26 heavy (non-hydrogen) atoms. The van der Waals surface area contributed by atoms with E-state index in [9.17, 15) is 5.11 Å². The van der Waals surface area contributed by atoms with E-state index < -0.39 is 0 Å². The quantitative estimate of drug-likeness (QED) is 0.596. The SMILES string of the molecule is COc1ccc(CCNC(CO)c2cccc3ccsc23)c(Cl)c1OC. The van der Waals surface area contributed by atoms with Crippen molar-refractivity contribution < 1.29 is 14.6 Å². The van der Waals surface area contributed by atoms with E-state index in [0.717, 1.165) is 17.5 Å². The fraction of sp³-hybridized carbons (Fsp3) is 0.300. The number of ether oxygens (including phenoxy) is 2. The average molecular weight is 392 g/mol. The van der Waals surface area contributed by atoms with Crippen molar-refractivity contribution in [2.75, 3.05) is 27.4 Å². The predicted octanol–water partition coefficient (Wildman–Crippen LogP) is 4.44. The van der Waals surface area contributed by atoms with Crippen LogP contribution in [0.5, 0.6) is 11.5 Å². The summed E-state index contributed by atoms with van der Waals surface area (Å²) in [5.41, 5.74) is 2.10. The fourth-order valence-corrected chi connectivity index (χ4v) is 4.36. The highest BCUT2D eigenvalue weighted by Gasteiger charge is 2.16. The van der Waals surface area contributed by atoms with E-state index in [4.69, 9.17) is 21.1 Å². The molecule has 2 N–H and O–H groups in total. The molecule has 0 saturated heterocycles. The van der Waals surface area contributed by atoms with Crippen LogP contribution >= 0.6 is 22.9 Å². The number of fused-ring (bicyclic) bond motifs is 1. The first-order valence-electron chi connectivity index (χ1n) is 8.39. The van der Waals surface area contributed by atoms with Crippen molar-refractivity contribution in [3.8, 4) is 11.5 Å². The van der Waals surface area contributed by atoms with Gasteiger partial charge in [0.2, 0.25) is 0 Å². The summed E-state index contributed by atoms with van der Waals surface area (Å²) in [6, 6.07) is 12.0. The van der Waals surface area contributed by atoms with Crippen LogP contribution in [0.4, 0.5) is 0 Å². The minimum Gasteiger partial charge on any atom is -0.493 e. The van der Waals surface area contributed by atoms with E-state index in [1.807, 2.05) is 18.2 Å². The molecule has 0 aliphatic rings. The topological polar surface area (TPSA) is 50.7 Å². The number of aliphatic hydroxyl groups is 1. The number of aliphatic hydroxyl groups excluding tert-OH is 1. The van der Waals surface area contributed by atoms with Crippen molar-refractivity contribution in [3.63, 3.8) is 0 Å². The number of halogens is 1. The molecule has 1 unspecified atom stereocenters. The van der Waals surface area contributed by atoms with E-state index in [1.54, 1.807) is 25.6 Å². The number of rotatable bonds is 8. The van der Waals surface area contributed by atoms with Crippen LogP contribution in [0.25, 0.3) is 10.1 Å². The largest absolute Gasteiger partial charge is 0.493 e. The fourth-order valence-electron chi connectivity index (χ4n) is 3.07. The Balaban J connectivity index is 1.71. The molecule has 138 valence electrons. The smallest absolute Gasteiger partial charge is 0.179 e. The van der Waals surface area contributed by atoms with Crippen LogP contribution < -0.4 is 14.8 Å². The number of nitrogens with one attached hydrogen (secondary N) is 1. The number of benzene rings is 2. The Kier molecular flexibility index (Phi) is 6.38. The van der Waals surface area contributed by atoms with Gasteiger partial charge in [0.1, 0.15) is 0 Å². The standard InChI is InChI=1S/C20H22ClNO3S/c1-24-17-7-6-13(18(21)19(17)25-2)8-10-22-16(12-23)15-5-3-4-14-9-11-26-20(14)15/h3-7,9,11,16,22-23H,8,10,12H2,1-2H3. The van der Waals surface area contributed by atoms with Crippen LogP contribution in [-0.4, -0.2) is 32.5 Å². The highest BCUT2D eigenvalue weighted by molar-refractivity contribution is 7.17. The first-order chi connectivity index (χ1) is 12.7. The number of hydrogen-bond donors (Lipinski definition) is 2. The molecule has 0 fully saturated rings. The van der Waals surface area contributed by atoms with E-state index in [-0.39, 0.29) is 12.6 Å². The van der Waals surface area contributed by atoms with Crippen LogP contribution in [0.2, 0.25) is 5.02 Å². The molecule has 3 rings (SSSR count). The van der Waals surface area contributed by atoms with Gasteiger partial charge in [0.05, 0.1) is 31.9 Å². The molecule has 1 heterocycles. The van der Waals surface area contributed by atoms with Gasteiger partial charge in [-0.15, -0.1) is 11.3 Å². The second kappa shape index (κ2) is 8.73. The van der Waals surface area contributed by atoms with Gasteiger partial charge in [0, 0.05) is 4.70 Å². The Hall–Kier alpha value is -1.79. The van der Waals surface area contributed by atoms with E-state index in [0.29, 0.717) is 23.1 Å². The Morgan fingerprint density at radius 1 is 1.15 bits per heavy atom. The molecule has 4 nitrogen and oxygen atoms in total. The zero-order chi connectivity index (χ0) is 18.5. The van der Waals surface area contributed by atoms with Crippen molar-refractivity contribution >= 4 is 33.0 Å². The normalized spacial score (nSPS) is 12.3. The van der Waals surface area contributed by atoms with Crippen molar-refractivity contribution in [2.45, 2.75) is 12.5 Å². The summed E-state index contributed by atoms with van der Waals surface area (Å²) in [5.74, 6) is 1.17. The highest BCUT2D eigenvalue weighted by atomic mass is 35.5. The summed E-state index contributed by atoms with van der Waals surface area (Å²) in [6.45, 7) is 0.721. The van der Waals surface area contributed by atoms with Gasteiger partial charge in [-0.3, -0.25) is 0 Å². The van der Waals surface area contributed by atoms with Gasteiger partial charge < -0.3 is 19.9 Å². The molecule has 6 heteroatoms. The molecule has 0 saturated carbocycles. The molecule has 1 aromatic heterocycles. The number of hydrogen-bond acceptors (Lipinski definition) is 5. The third-order valence-corrected chi connectivity index (χ3v) is 5.81. The monoisotopic (exact) mass is 391 g/mol. The molecular formula is C20H22ClNO3S. The molecular weight excluding hydrogens is 370 g/mol. The first kappa shape index (κ1) is 19.0. The molecule has 0 aliphatic heterocycles. The second-order valence-electron chi connectivity index (χ2n) is 5.90. The zero-order valence-electron chi connectivity index (χ0n) is 14.8. The third-order valence-electron chi connectivity index (χ3n) is 4.42.